The highest BCUT2D eigenvalue weighted by atomic mass is 32.2. The van der Waals surface area contributed by atoms with Crippen molar-refractivity contribution >= 4 is 23.4 Å². The molecule has 0 unspecified atom stereocenters. The highest BCUT2D eigenvalue weighted by molar-refractivity contribution is 7.99. The minimum Gasteiger partial charge on any atom is -0.507 e. The average molecular weight is 304 g/mol. The third kappa shape index (κ3) is 3.14. The average Bonchev–Trinajstić information content (AvgIpc) is 2.48. The van der Waals surface area contributed by atoms with Crippen molar-refractivity contribution in [1.29, 1.82) is 0 Å². The molecule has 2 N–H and O–H groups in total. The van der Waals surface area contributed by atoms with Gasteiger partial charge >= 0.3 is 0 Å². The Balaban J connectivity index is 2.56. The lowest BCUT2D eigenvalue weighted by molar-refractivity contribution is -0.387. The number of nitrogens with zero attached hydrogens (tertiary/aromatic N) is 1. The number of phenolic OH excluding ortho intramolecular Hbond substituents is 1. The van der Waals surface area contributed by atoms with E-state index in [1.807, 2.05) is 0 Å². The van der Waals surface area contributed by atoms with Crippen LogP contribution in [0.2, 0.25) is 0 Å². The summed E-state index contributed by atoms with van der Waals surface area (Å²) >= 11 is 0.987. The maximum Gasteiger partial charge on any atom is 0.284 e. The Kier molecular flexibility index (Phi) is 4.44. The molecule has 0 spiro atoms. The molecule has 1 amide bonds. The number of aromatic hydroxyl groups is 1. The van der Waals surface area contributed by atoms with Gasteiger partial charge in [-0.2, -0.15) is 0 Å². The fraction of sp³-hybridized carbons (Fsp3) is 0.0714. The van der Waals surface area contributed by atoms with Crippen molar-refractivity contribution in [2.75, 3.05) is 7.05 Å². The van der Waals surface area contributed by atoms with Crippen molar-refractivity contribution in [2.24, 2.45) is 0 Å². The number of hydrogen-bond donors (Lipinski definition) is 2. The summed E-state index contributed by atoms with van der Waals surface area (Å²) in [4.78, 5) is 23.1. The largest absolute Gasteiger partial charge is 0.507 e. The van der Waals surface area contributed by atoms with Crippen molar-refractivity contribution in [3.8, 4) is 5.75 Å². The lowest BCUT2D eigenvalue weighted by Crippen LogP contribution is -2.19. The van der Waals surface area contributed by atoms with Gasteiger partial charge in [-0.15, -0.1) is 0 Å². The van der Waals surface area contributed by atoms with Gasteiger partial charge in [-0.3, -0.25) is 14.9 Å². The van der Waals surface area contributed by atoms with E-state index >= 15 is 0 Å². The molecule has 7 heteroatoms. The molecule has 0 saturated carbocycles. The second-order valence-electron chi connectivity index (χ2n) is 4.06. The van der Waals surface area contributed by atoms with Gasteiger partial charge in [-0.25, -0.2) is 0 Å². The Labute approximate surface area is 125 Å². The van der Waals surface area contributed by atoms with E-state index < -0.39 is 10.8 Å². The van der Waals surface area contributed by atoms with Gasteiger partial charge in [0.05, 0.1) is 15.4 Å². The van der Waals surface area contributed by atoms with E-state index in [9.17, 15) is 20.0 Å². The number of benzene rings is 2. The predicted octanol–water partition coefficient (Wildman–Crippen LogP) is 2.81. The molecule has 6 nitrogen and oxygen atoms in total. The van der Waals surface area contributed by atoms with E-state index in [0.29, 0.717) is 4.90 Å². The number of nitro groups is 1. The van der Waals surface area contributed by atoms with Crippen molar-refractivity contribution in [1.82, 2.24) is 5.32 Å². The van der Waals surface area contributed by atoms with Crippen LogP contribution in [0.4, 0.5) is 5.69 Å². The number of para-hydroxylation sites is 1. The standard InChI is InChI=1S/C14H12N2O4S/c1-15-14(18)9-5-4-6-10(16(19)20)13(9)21-12-8-3-2-7-11(12)17/h2-8,17H,1H3,(H,15,18). The fourth-order valence-corrected chi connectivity index (χ4v) is 2.80. The van der Waals surface area contributed by atoms with Crippen LogP contribution in [-0.4, -0.2) is 23.0 Å². The smallest absolute Gasteiger partial charge is 0.284 e. The zero-order valence-corrected chi connectivity index (χ0v) is 11.9. The zero-order chi connectivity index (χ0) is 15.4. The Hall–Kier alpha value is -2.54. The van der Waals surface area contributed by atoms with Crippen LogP contribution in [0, 0.1) is 10.1 Å². The van der Waals surface area contributed by atoms with Crippen LogP contribution >= 0.6 is 11.8 Å². The molecule has 2 aromatic carbocycles. The molecule has 0 atom stereocenters. The number of nitro benzene ring substituents is 1. The second-order valence-corrected chi connectivity index (χ2v) is 5.11. The molecule has 0 heterocycles. The van der Waals surface area contributed by atoms with Gasteiger partial charge in [0, 0.05) is 13.1 Å². The molecule has 0 bridgehead atoms. The van der Waals surface area contributed by atoms with Crippen LogP contribution in [0.3, 0.4) is 0 Å². The third-order valence-electron chi connectivity index (χ3n) is 2.74. The summed E-state index contributed by atoms with van der Waals surface area (Å²) in [6, 6.07) is 10.8. The van der Waals surface area contributed by atoms with Gasteiger partial charge in [-0.1, -0.05) is 30.0 Å². The molecule has 0 aromatic heterocycles. The first-order valence-corrected chi connectivity index (χ1v) is 6.81. The first-order valence-electron chi connectivity index (χ1n) is 6.00. The van der Waals surface area contributed by atoms with Crippen molar-refractivity contribution in [2.45, 2.75) is 9.79 Å². The summed E-state index contributed by atoms with van der Waals surface area (Å²) in [7, 11) is 1.45. The van der Waals surface area contributed by atoms with Crippen LogP contribution in [0.25, 0.3) is 0 Å². The number of carbonyl (C=O) groups is 1. The molecule has 0 radical (unpaired) electrons. The van der Waals surface area contributed by atoms with Crippen LogP contribution in [0.5, 0.6) is 5.75 Å². The summed E-state index contributed by atoms with van der Waals surface area (Å²) in [5.74, 6) is -0.417. The summed E-state index contributed by atoms with van der Waals surface area (Å²) < 4.78 is 0. The monoisotopic (exact) mass is 304 g/mol. The highest BCUT2D eigenvalue weighted by Gasteiger charge is 2.22. The topological polar surface area (TPSA) is 92.5 Å². The molecule has 0 aliphatic heterocycles. The summed E-state index contributed by atoms with van der Waals surface area (Å²) in [5, 5.41) is 23.4. The normalized spacial score (nSPS) is 10.1. The van der Waals surface area contributed by atoms with Gasteiger partial charge < -0.3 is 10.4 Å². The summed E-state index contributed by atoms with van der Waals surface area (Å²) in [5.41, 5.74) is 0.0179. The Morgan fingerprint density at radius 3 is 2.57 bits per heavy atom. The first kappa shape index (κ1) is 14.9. The minimum atomic E-state index is -0.547. The van der Waals surface area contributed by atoms with Crippen LogP contribution in [0.15, 0.2) is 52.3 Å². The third-order valence-corrected chi connectivity index (χ3v) is 3.94. The van der Waals surface area contributed by atoms with E-state index in [1.165, 1.54) is 31.3 Å². The molecule has 108 valence electrons. The maximum absolute atomic E-state index is 11.9. The van der Waals surface area contributed by atoms with Gasteiger partial charge in [0.25, 0.3) is 11.6 Å². The highest BCUT2D eigenvalue weighted by Crippen LogP contribution is 2.40. The first-order chi connectivity index (χ1) is 10.0. The van der Waals surface area contributed by atoms with E-state index in [-0.39, 0.29) is 21.9 Å². The van der Waals surface area contributed by atoms with Crippen molar-refractivity contribution in [3.05, 3.63) is 58.1 Å². The Morgan fingerprint density at radius 1 is 1.24 bits per heavy atom. The number of amides is 1. The summed E-state index contributed by atoms with van der Waals surface area (Å²) in [6.07, 6.45) is 0. The number of hydrogen-bond acceptors (Lipinski definition) is 5. The van der Waals surface area contributed by atoms with Gasteiger partial charge in [0.15, 0.2) is 0 Å². The molecule has 0 aliphatic rings. The Morgan fingerprint density at radius 2 is 1.95 bits per heavy atom. The summed E-state index contributed by atoms with van der Waals surface area (Å²) in [6.45, 7) is 0. The molecule has 21 heavy (non-hydrogen) atoms. The second kappa shape index (κ2) is 6.27. The molecule has 0 fully saturated rings. The Bertz CT molecular complexity index is 703. The van der Waals surface area contributed by atoms with Crippen LogP contribution < -0.4 is 5.32 Å². The predicted molar refractivity (Wildman–Crippen MR) is 78.7 cm³/mol. The maximum atomic E-state index is 11.9. The zero-order valence-electron chi connectivity index (χ0n) is 11.1. The number of nitrogens with one attached hydrogen (secondary N) is 1. The lowest BCUT2D eigenvalue weighted by Gasteiger charge is -2.09. The molecule has 0 aliphatic carbocycles. The minimum absolute atomic E-state index is 0.00325. The molecule has 2 rings (SSSR count). The number of carbonyl (C=O) groups excluding carboxylic acids is 1. The molecular formula is C14H12N2O4S. The van der Waals surface area contributed by atoms with Crippen LogP contribution in [0.1, 0.15) is 10.4 Å². The van der Waals surface area contributed by atoms with Crippen molar-refractivity contribution in [3.63, 3.8) is 0 Å². The molecular weight excluding hydrogens is 292 g/mol. The van der Waals surface area contributed by atoms with Gasteiger partial charge in [0.2, 0.25) is 0 Å². The van der Waals surface area contributed by atoms with E-state index in [2.05, 4.69) is 5.32 Å². The lowest BCUT2D eigenvalue weighted by atomic mass is 10.2. The van der Waals surface area contributed by atoms with E-state index in [1.54, 1.807) is 18.2 Å². The number of phenols is 1. The van der Waals surface area contributed by atoms with E-state index in [4.69, 9.17) is 0 Å². The number of rotatable bonds is 4. The van der Waals surface area contributed by atoms with Crippen LogP contribution in [-0.2, 0) is 0 Å². The van der Waals surface area contributed by atoms with E-state index in [0.717, 1.165) is 11.8 Å². The van der Waals surface area contributed by atoms with Gasteiger partial charge in [0.1, 0.15) is 10.6 Å². The van der Waals surface area contributed by atoms with Gasteiger partial charge in [-0.05, 0) is 18.2 Å². The van der Waals surface area contributed by atoms with Crippen molar-refractivity contribution < 1.29 is 14.8 Å². The molecule has 2 aromatic rings. The molecule has 0 saturated heterocycles. The fourth-order valence-electron chi connectivity index (χ4n) is 1.74. The SMILES string of the molecule is CNC(=O)c1cccc([N+](=O)[O-])c1Sc1ccccc1O. The quantitative estimate of drug-likeness (QED) is 0.669.